The van der Waals surface area contributed by atoms with Crippen LogP contribution in [0.4, 0.5) is 5.82 Å². The average molecular weight is 448 g/mol. The van der Waals surface area contributed by atoms with Crippen LogP contribution in [-0.4, -0.2) is 48.1 Å². The van der Waals surface area contributed by atoms with Gasteiger partial charge < -0.3 is 9.64 Å². The third-order valence-electron chi connectivity index (χ3n) is 5.33. The van der Waals surface area contributed by atoms with E-state index in [0.29, 0.717) is 5.56 Å². The SMILES string of the molecule is CC(C)OC(=O)c1cccnc1N1CCN(Cc2ccc(Sc3ccccc3)cc2)CC1. The highest BCUT2D eigenvalue weighted by molar-refractivity contribution is 7.99. The Morgan fingerprint density at radius 3 is 2.31 bits per heavy atom. The fraction of sp³-hybridized carbons (Fsp3) is 0.308. The highest BCUT2D eigenvalue weighted by Crippen LogP contribution is 2.28. The molecule has 0 N–H and O–H groups in total. The van der Waals surface area contributed by atoms with Crippen LogP contribution in [0.15, 0.2) is 82.7 Å². The zero-order chi connectivity index (χ0) is 22.3. The van der Waals surface area contributed by atoms with Gasteiger partial charge in [0.05, 0.1) is 6.10 Å². The van der Waals surface area contributed by atoms with Crippen LogP contribution in [0.5, 0.6) is 0 Å². The van der Waals surface area contributed by atoms with Gasteiger partial charge in [0.1, 0.15) is 11.4 Å². The number of rotatable bonds is 7. The number of piperazine rings is 1. The molecule has 0 saturated carbocycles. The number of carbonyl (C=O) groups is 1. The Bertz CT molecular complexity index is 1020. The van der Waals surface area contributed by atoms with Crippen LogP contribution in [0, 0.1) is 0 Å². The van der Waals surface area contributed by atoms with Crippen LogP contribution in [-0.2, 0) is 11.3 Å². The molecular weight excluding hydrogens is 418 g/mol. The molecular formula is C26H29N3O2S. The molecule has 2 aromatic carbocycles. The summed E-state index contributed by atoms with van der Waals surface area (Å²) in [5, 5.41) is 0. The largest absolute Gasteiger partial charge is 0.459 e. The normalized spacial score (nSPS) is 14.5. The number of aromatic nitrogens is 1. The van der Waals surface area contributed by atoms with E-state index in [1.165, 1.54) is 15.4 Å². The summed E-state index contributed by atoms with van der Waals surface area (Å²) in [6, 6.07) is 22.9. The van der Waals surface area contributed by atoms with E-state index in [9.17, 15) is 4.79 Å². The van der Waals surface area contributed by atoms with Gasteiger partial charge in [-0.05, 0) is 55.8 Å². The lowest BCUT2D eigenvalue weighted by atomic mass is 10.2. The summed E-state index contributed by atoms with van der Waals surface area (Å²) in [7, 11) is 0. The highest BCUT2D eigenvalue weighted by Gasteiger charge is 2.23. The van der Waals surface area contributed by atoms with Crippen LogP contribution in [0.1, 0.15) is 29.8 Å². The number of nitrogens with zero attached hydrogens (tertiary/aromatic N) is 3. The lowest BCUT2D eigenvalue weighted by molar-refractivity contribution is 0.0378. The third-order valence-corrected chi connectivity index (χ3v) is 6.35. The van der Waals surface area contributed by atoms with Crippen LogP contribution in [0.25, 0.3) is 0 Å². The monoisotopic (exact) mass is 447 g/mol. The van der Waals surface area contributed by atoms with Crippen molar-refractivity contribution in [3.8, 4) is 0 Å². The molecule has 5 nitrogen and oxygen atoms in total. The summed E-state index contributed by atoms with van der Waals surface area (Å²) in [6.45, 7) is 8.17. The first-order valence-corrected chi connectivity index (χ1v) is 11.9. The standard InChI is InChI=1S/C26H29N3O2S/c1-20(2)31-26(30)24-9-6-14-27-25(24)29-17-15-28(16-18-29)19-21-10-12-23(13-11-21)32-22-7-4-3-5-8-22/h3-14,20H,15-19H2,1-2H3. The van der Waals surface area contributed by atoms with Gasteiger partial charge in [0, 0.05) is 48.7 Å². The van der Waals surface area contributed by atoms with Crippen molar-refractivity contribution in [1.82, 2.24) is 9.88 Å². The van der Waals surface area contributed by atoms with Gasteiger partial charge in [-0.1, -0.05) is 42.1 Å². The minimum absolute atomic E-state index is 0.148. The first-order valence-electron chi connectivity index (χ1n) is 11.0. The van der Waals surface area contributed by atoms with E-state index in [-0.39, 0.29) is 12.1 Å². The van der Waals surface area contributed by atoms with Crippen molar-refractivity contribution < 1.29 is 9.53 Å². The van der Waals surface area contributed by atoms with Crippen molar-refractivity contribution in [2.24, 2.45) is 0 Å². The molecule has 0 amide bonds. The number of hydrogen-bond donors (Lipinski definition) is 0. The maximum absolute atomic E-state index is 12.5. The smallest absolute Gasteiger partial charge is 0.342 e. The number of anilines is 1. The van der Waals surface area contributed by atoms with E-state index in [4.69, 9.17) is 4.74 Å². The molecule has 1 saturated heterocycles. The van der Waals surface area contributed by atoms with Crippen molar-refractivity contribution in [2.45, 2.75) is 36.3 Å². The molecule has 3 aromatic rings. The van der Waals surface area contributed by atoms with Crippen molar-refractivity contribution >= 4 is 23.5 Å². The van der Waals surface area contributed by atoms with E-state index in [2.05, 4.69) is 63.3 Å². The van der Waals surface area contributed by atoms with Crippen LogP contribution in [0.2, 0.25) is 0 Å². The molecule has 0 bridgehead atoms. The van der Waals surface area contributed by atoms with E-state index < -0.39 is 0 Å². The van der Waals surface area contributed by atoms with Gasteiger partial charge in [-0.15, -0.1) is 0 Å². The second-order valence-electron chi connectivity index (χ2n) is 8.15. The molecule has 2 heterocycles. The van der Waals surface area contributed by atoms with E-state index in [0.717, 1.165) is 38.5 Å². The first-order chi connectivity index (χ1) is 15.6. The Kier molecular flexibility index (Phi) is 7.45. The average Bonchev–Trinajstić information content (AvgIpc) is 2.81. The highest BCUT2D eigenvalue weighted by atomic mass is 32.2. The fourth-order valence-corrected chi connectivity index (χ4v) is 4.59. The summed E-state index contributed by atoms with van der Waals surface area (Å²) in [5.74, 6) is 0.416. The van der Waals surface area contributed by atoms with E-state index >= 15 is 0 Å². The molecule has 1 aliphatic rings. The van der Waals surface area contributed by atoms with Crippen molar-refractivity contribution in [3.63, 3.8) is 0 Å². The predicted molar refractivity (Wildman–Crippen MR) is 129 cm³/mol. The molecule has 1 aromatic heterocycles. The summed E-state index contributed by atoms with van der Waals surface area (Å²) in [6.07, 6.45) is 1.59. The Balaban J connectivity index is 1.32. The van der Waals surface area contributed by atoms with Crippen molar-refractivity contribution in [1.29, 1.82) is 0 Å². The minimum Gasteiger partial charge on any atom is -0.459 e. The molecule has 0 radical (unpaired) electrons. The molecule has 0 spiro atoms. The zero-order valence-corrected chi connectivity index (χ0v) is 19.4. The molecule has 0 aliphatic carbocycles. The number of pyridine rings is 1. The molecule has 0 atom stereocenters. The van der Waals surface area contributed by atoms with Crippen LogP contribution < -0.4 is 4.90 Å². The first kappa shape index (κ1) is 22.4. The maximum atomic E-state index is 12.5. The quantitative estimate of drug-likeness (QED) is 0.469. The number of esters is 1. The van der Waals surface area contributed by atoms with E-state index in [1.54, 1.807) is 30.1 Å². The van der Waals surface area contributed by atoms with Crippen LogP contribution in [0.3, 0.4) is 0 Å². The summed E-state index contributed by atoms with van der Waals surface area (Å²) < 4.78 is 5.40. The molecule has 1 fully saturated rings. The molecule has 166 valence electrons. The van der Waals surface area contributed by atoms with E-state index in [1.807, 2.05) is 19.9 Å². The minimum atomic E-state index is -0.306. The number of carbonyl (C=O) groups excluding carboxylic acids is 1. The van der Waals surface area contributed by atoms with Gasteiger partial charge in [-0.3, -0.25) is 4.90 Å². The summed E-state index contributed by atoms with van der Waals surface area (Å²) >= 11 is 1.78. The van der Waals surface area contributed by atoms with Gasteiger partial charge in [0.15, 0.2) is 0 Å². The Labute approximate surface area is 194 Å². The molecule has 4 rings (SSSR count). The molecule has 6 heteroatoms. The van der Waals surface area contributed by atoms with Gasteiger partial charge in [-0.2, -0.15) is 0 Å². The van der Waals surface area contributed by atoms with Gasteiger partial charge in [0.25, 0.3) is 0 Å². The topological polar surface area (TPSA) is 45.7 Å². The van der Waals surface area contributed by atoms with Crippen LogP contribution >= 0.6 is 11.8 Å². The lowest BCUT2D eigenvalue weighted by Crippen LogP contribution is -2.46. The second-order valence-corrected chi connectivity index (χ2v) is 9.30. The predicted octanol–water partition coefficient (Wildman–Crippen LogP) is 5.12. The zero-order valence-electron chi connectivity index (χ0n) is 18.6. The Morgan fingerprint density at radius 1 is 0.938 bits per heavy atom. The maximum Gasteiger partial charge on any atom is 0.342 e. The molecule has 32 heavy (non-hydrogen) atoms. The van der Waals surface area contributed by atoms with Gasteiger partial charge in [0.2, 0.25) is 0 Å². The summed E-state index contributed by atoms with van der Waals surface area (Å²) in [4.78, 5) is 24.1. The second kappa shape index (κ2) is 10.7. The Hall–Kier alpha value is -2.83. The Morgan fingerprint density at radius 2 is 1.62 bits per heavy atom. The fourth-order valence-electron chi connectivity index (χ4n) is 3.75. The van der Waals surface area contributed by atoms with Crippen molar-refractivity contribution in [2.75, 3.05) is 31.1 Å². The van der Waals surface area contributed by atoms with Gasteiger partial charge in [-0.25, -0.2) is 9.78 Å². The molecule has 1 aliphatic heterocycles. The lowest BCUT2D eigenvalue weighted by Gasteiger charge is -2.36. The summed E-state index contributed by atoms with van der Waals surface area (Å²) in [5.41, 5.74) is 1.86. The molecule has 0 unspecified atom stereocenters. The number of hydrogen-bond acceptors (Lipinski definition) is 6. The number of ether oxygens (including phenoxy) is 1. The third kappa shape index (κ3) is 5.90. The number of benzene rings is 2. The van der Waals surface area contributed by atoms with Crippen molar-refractivity contribution in [3.05, 3.63) is 84.1 Å². The van der Waals surface area contributed by atoms with Gasteiger partial charge >= 0.3 is 5.97 Å².